The molecule has 1 rings (SSSR count). The summed E-state index contributed by atoms with van der Waals surface area (Å²) in [5.41, 5.74) is 0.103. The molecule has 0 bridgehead atoms. The normalized spacial score (nSPS) is 15.2. The van der Waals surface area contributed by atoms with E-state index in [1.807, 2.05) is 24.3 Å². The van der Waals surface area contributed by atoms with Crippen molar-refractivity contribution in [1.29, 1.82) is 0 Å². The predicted molar refractivity (Wildman–Crippen MR) is 87.0 cm³/mol. The zero-order valence-electron chi connectivity index (χ0n) is 12.2. The topological polar surface area (TPSA) is 29.1 Å². The summed E-state index contributed by atoms with van der Waals surface area (Å²) in [5.74, 6) is 0.645. The van der Waals surface area contributed by atoms with Crippen LogP contribution in [0.1, 0.15) is 34.1 Å². The van der Waals surface area contributed by atoms with Gasteiger partial charge in [0.25, 0.3) is 0 Å². The fourth-order valence-electron chi connectivity index (χ4n) is 1.80. The molecule has 0 saturated carbocycles. The van der Waals surface area contributed by atoms with Gasteiger partial charge in [0.2, 0.25) is 0 Å². The Labute approximate surface area is 128 Å². The highest BCUT2D eigenvalue weighted by Gasteiger charge is 2.26. The first-order valence-electron chi connectivity index (χ1n) is 6.72. The molecule has 0 saturated heterocycles. The van der Waals surface area contributed by atoms with Crippen LogP contribution in [0.3, 0.4) is 0 Å². The highest BCUT2D eigenvalue weighted by molar-refractivity contribution is 9.10. The lowest BCUT2D eigenvalue weighted by Gasteiger charge is -2.31. The summed E-state index contributed by atoms with van der Waals surface area (Å²) in [7, 11) is -0.984. The first-order chi connectivity index (χ1) is 8.86. The first kappa shape index (κ1) is 16.9. The molecule has 2 nitrogen and oxygen atoms in total. The summed E-state index contributed by atoms with van der Waals surface area (Å²) in [4.78, 5) is 0.884. The number of halogens is 1. The van der Waals surface area contributed by atoms with E-state index in [2.05, 4.69) is 48.9 Å². The van der Waals surface area contributed by atoms with E-state index in [9.17, 15) is 4.21 Å². The number of hydrogen-bond donors (Lipinski definition) is 1. The average Bonchev–Trinajstić information content (AvgIpc) is 2.33. The van der Waals surface area contributed by atoms with Crippen molar-refractivity contribution in [2.45, 2.75) is 45.1 Å². The monoisotopic (exact) mass is 345 g/mol. The smallest absolute Gasteiger partial charge is 0.0556 e. The van der Waals surface area contributed by atoms with Gasteiger partial charge in [-0.2, -0.15) is 0 Å². The fourth-order valence-corrected chi connectivity index (χ4v) is 4.25. The van der Waals surface area contributed by atoms with E-state index in [1.165, 1.54) is 0 Å². The van der Waals surface area contributed by atoms with Crippen LogP contribution in [0.2, 0.25) is 0 Å². The molecule has 1 aromatic carbocycles. The van der Waals surface area contributed by atoms with E-state index < -0.39 is 10.8 Å². The third-order valence-electron chi connectivity index (χ3n) is 3.09. The molecule has 0 aliphatic heterocycles. The predicted octanol–water partition coefficient (Wildman–Crippen LogP) is 3.97. The van der Waals surface area contributed by atoms with E-state index >= 15 is 0 Å². The molecule has 19 heavy (non-hydrogen) atoms. The quantitative estimate of drug-likeness (QED) is 0.844. The summed E-state index contributed by atoms with van der Waals surface area (Å²) in [5, 5.41) is 3.52. The number of benzene rings is 1. The Morgan fingerprint density at radius 3 is 2.47 bits per heavy atom. The van der Waals surface area contributed by atoms with E-state index in [0.717, 1.165) is 22.3 Å². The van der Waals surface area contributed by atoms with Gasteiger partial charge in [0, 0.05) is 16.3 Å². The molecular weight excluding hydrogens is 322 g/mol. The largest absolute Gasteiger partial charge is 0.313 e. The molecule has 108 valence electrons. The molecule has 0 heterocycles. The molecule has 0 aliphatic carbocycles. The second kappa shape index (κ2) is 7.55. The molecule has 0 aromatic heterocycles. The lowest BCUT2D eigenvalue weighted by atomic mass is 9.88. The van der Waals surface area contributed by atoms with Crippen LogP contribution in [0, 0.1) is 5.41 Å². The van der Waals surface area contributed by atoms with Crippen LogP contribution in [0.15, 0.2) is 33.6 Å². The van der Waals surface area contributed by atoms with Crippen molar-refractivity contribution < 1.29 is 4.21 Å². The minimum absolute atomic E-state index is 0.103. The summed E-state index contributed by atoms with van der Waals surface area (Å²) < 4.78 is 13.5. The van der Waals surface area contributed by atoms with Crippen molar-refractivity contribution >= 4 is 26.7 Å². The van der Waals surface area contributed by atoms with Crippen LogP contribution in [0.4, 0.5) is 0 Å². The van der Waals surface area contributed by atoms with Gasteiger partial charge in [-0.25, -0.2) is 0 Å². The lowest BCUT2D eigenvalue weighted by Crippen LogP contribution is -2.44. The Kier molecular flexibility index (Phi) is 6.71. The second-order valence-electron chi connectivity index (χ2n) is 5.82. The molecule has 4 heteroatoms. The zero-order valence-corrected chi connectivity index (χ0v) is 14.6. The standard InChI is InChI=1S/C15H24BrNOS/c1-5-10-17-14(15(2,3)4)11-19(18)13-9-7-6-8-12(13)16/h6-9,14,17H,5,10-11H2,1-4H3. The van der Waals surface area contributed by atoms with Crippen molar-refractivity contribution in [3.05, 3.63) is 28.7 Å². The van der Waals surface area contributed by atoms with Crippen LogP contribution in [0.5, 0.6) is 0 Å². The third-order valence-corrected chi connectivity index (χ3v) is 5.52. The molecule has 2 atom stereocenters. The van der Waals surface area contributed by atoms with Crippen molar-refractivity contribution in [3.8, 4) is 0 Å². The van der Waals surface area contributed by atoms with E-state index in [0.29, 0.717) is 5.75 Å². The van der Waals surface area contributed by atoms with Gasteiger partial charge in [-0.3, -0.25) is 4.21 Å². The number of hydrogen-bond acceptors (Lipinski definition) is 2. The maximum atomic E-state index is 12.5. The third kappa shape index (κ3) is 5.36. The van der Waals surface area contributed by atoms with Crippen LogP contribution in [-0.2, 0) is 10.8 Å². The van der Waals surface area contributed by atoms with Crippen LogP contribution in [0.25, 0.3) is 0 Å². The highest BCUT2D eigenvalue weighted by atomic mass is 79.9. The molecule has 1 N–H and O–H groups in total. The molecule has 0 amide bonds. The van der Waals surface area contributed by atoms with Crippen molar-refractivity contribution in [2.24, 2.45) is 5.41 Å². The highest BCUT2D eigenvalue weighted by Crippen LogP contribution is 2.25. The number of rotatable bonds is 6. The fraction of sp³-hybridized carbons (Fsp3) is 0.600. The molecule has 1 aromatic rings. The van der Waals surface area contributed by atoms with Gasteiger partial charge in [-0.1, -0.05) is 39.8 Å². The van der Waals surface area contributed by atoms with Crippen LogP contribution >= 0.6 is 15.9 Å². The Morgan fingerprint density at radius 2 is 1.95 bits per heavy atom. The first-order valence-corrected chi connectivity index (χ1v) is 8.83. The lowest BCUT2D eigenvalue weighted by molar-refractivity contribution is 0.290. The minimum Gasteiger partial charge on any atom is -0.313 e. The molecular formula is C15H24BrNOS. The molecule has 0 spiro atoms. The van der Waals surface area contributed by atoms with Crippen LogP contribution < -0.4 is 5.32 Å². The average molecular weight is 346 g/mol. The van der Waals surface area contributed by atoms with Gasteiger partial charge in [0.1, 0.15) is 0 Å². The zero-order chi connectivity index (χ0) is 14.5. The van der Waals surface area contributed by atoms with Gasteiger partial charge in [-0.15, -0.1) is 0 Å². The van der Waals surface area contributed by atoms with Gasteiger partial charge in [0.05, 0.1) is 15.7 Å². The Bertz CT molecular complexity index is 428. The van der Waals surface area contributed by atoms with E-state index in [4.69, 9.17) is 0 Å². The molecule has 0 radical (unpaired) electrons. The maximum absolute atomic E-state index is 12.5. The van der Waals surface area contributed by atoms with Gasteiger partial charge >= 0.3 is 0 Å². The van der Waals surface area contributed by atoms with Crippen molar-refractivity contribution in [2.75, 3.05) is 12.3 Å². The van der Waals surface area contributed by atoms with Crippen LogP contribution in [-0.4, -0.2) is 22.5 Å². The summed E-state index contributed by atoms with van der Waals surface area (Å²) in [6, 6.07) is 8.00. The summed E-state index contributed by atoms with van der Waals surface area (Å²) in [6.45, 7) is 9.69. The van der Waals surface area contributed by atoms with Crippen molar-refractivity contribution in [1.82, 2.24) is 5.32 Å². The Hall–Kier alpha value is -0.190. The van der Waals surface area contributed by atoms with E-state index in [1.54, 1.807) is 0 Å². The summed E-state index contributed by atoms with van der Waals surface area (Å²) in [6.07, 6.45) is 1.09. The molecule has 0 fully saturated rings. The number of nitrogens with one attached hydrogen (secondary N) is 1. The van der Waals surface area contributed by atoms with E-state index in [-0.39, 0.29) is 11.5 Å². The van der Waals surface area contributed by atoms with Gasteiger partial charge in [-0.05, 0) is 46.4 Å². The minimum atomic E-state index is -0.984. The Balaban J connectivity index is 2.79. The van der Waals surface area contributed by atoms with Crippen molar-refractivity contribution in [3.63, 3.8) is 0 Å². The maximum Gasteiger partial charge on any atom is 0.0556 e. The molecule has 0 aliphatic rings. The molecule has 2 unspecified atom stereocenters. The summed E-state index contributed by atoms with van der Waals surface area (Å²) >= 11 is 3.48. The Morgan fingerprint density at radius 1 is 1.32 bits per heavy atom. The SMILES string of the molecule is CCCNC(CS(=O)c1ccccc1Br)C(C)(C)C. The van der Waals surface area contributed by atoms with Gasteiger partial charge in [0.15, 0.2) is 0 Å². The second-order valence-corrected chi connectivity index (χ2v) is 8.13. The van der Waals surface area contributed by atoms with Gasteiger partial charge < -0.3 is 5.32 Å².